The van der Waals surface area contributed by atoms with E-state index in [0.717, 1.165) is 0 Å². The van der Waals surface area contributed by atoms with E-state index in [1.165, 1.54) is 17.0 Å². The van der Waals surface area contributed by atoms with Crippen LogP contribution >= 0.6 is 0 Å². The van der Waals surface area contributed by atoms with E-state index in [-0.39, 0.29) is 17.9 Å². The summed E-state index contributed by atoms with van der Waals surface area (Å²) in [6, 6.07) is 8.70. The highest BCUT2D eigenvalue weighted by atomic mass is 16.6. The van der Waals surface area contributed by atoms with Crippen LogP contribution in [0, 0.1) is 11.3 Å². The lowest BCUT2D eigenvalue weighted by Crippen LogP contribution is -2.52. The molecule has 1 aromatic carbocycles. The first-order valence-electron chi connectivity index (χ1n) is 12.4. The lowest BCUT2D eigenvalue weighted by atomic mass is 10.1. The summed E-state index contributed by atoms with van der Waals surface area (Å²) in [6.07, 6.45) is 1.51. The van der Waals surface area contributed by atoms with Gasteiger partial charge in [-0.2, -0.15) is 5.26 Å². The molecule has 0 aliphatic carbocycles. The molecule has 2 amide bonds. The first-order valence-corrected chi connectivity index (χ1v) is 12.4. The van der Waals surface area contributed by atoms with Crippen LogP contribution in [-0.4, -0.2) is 55.9 Å². The minimum Gasteiger partial charge on any atom is -0.444 e. The van der Waals surface area contributed by atoms with Gasteiger partial charge in [-0.15, -0.1) is 0 Å². The summed E-state index contributed by atoms with van der Waals surface area (Å²) in [5.41, 5.74) is -0.660. The molecule has 0 saturated heterocycles. The van der Waals surface area contributed by atoms with Crippen molar-refractivity contribution in [3.8, 4) is 17.5 Å². The van der Waals surface area contributed by atoms with Crippen LogP contribution in [0.3, 0.4) is 0 Å². The fourth-order valence-electron chi connectivity index (χ4n) is 3.59. The number of amides is 2. The van der Waals surface area contributed by atoms with Crippen molar-refractivity contribution >= 4 is 29.0 Å². The lowest BCUT2D eigenvalue weighted by Gasteiger charge is -2.28. The van der Waals surface area contributed by atoms with Gasteiger partial charge < -0.3 is 20.1 Å². The lowest BCUT2D eigenvalue weighted by molar-refractivity contribution is 0.0467. The van der Waals surface area contributed by atoms with Gasteiger partial charge in [0, 0.05) is 11.9 Å². The van der Waals surface area contributed by atoms with Gasteiger partial charge in [0.05, 0.1) is 40.8 Å². The molecule has 39 heavy (non-hydrogen) atoms. The van der Waals surface area contributed by atoms with Gasteiger partial charge in [-0.1, -0.05) is 0 Å². The maximum atomic E-state index is 13.2. The number of fused-ring (bicyclic) bond motifs is 1. The zero-order valence-electron chi connectivity index (χ0n) is 23.5. The Balaban J connectivity index is 1.89. The summed E-state index contributed by atoms with van der Waals surface area (Å²) in [5.74, 6) is -0.518. The largest absolute Gasteiger partial charge is 0.444 e. The Morgan fingerprint density at radius 3 is 2.26 bits per heavy atom. The normalized spacial score (nSPS) is 12.0. The van der Waals surface area contributed by atoms with Gasteiger partial charge in [0.25, 0.3) is 5.91 Å². The fourth-order valence-corrected chi connectivity index (χ4v) is 3.59. The molecule has 0 bridgehead atoms. The number of carbonyl (C=O) groups is 3. The molecule has 0 atom stereocenters. The predicted molar refractivity (Wildman–Crippen MR) is 145 cm³/mol. The number of nitriles is 1. The van der Waals surface area contributed by atoms with Crippen molar-refractivity contribution in [1.29, 1.82) is 5.26 Å². The third-order valence-corrected chi connectivity index (χ3v) is 5.17. The topological polar surface area (TPSA) is 148 Å². The molecule has 3 aromatic rings. The van der Waals surface area contributed by atoms with Gasteiger partial charge in [-0.25, -0.2) is 19.1 Å². The Hall–Kier alpha value is -4.46. The summed E-state index contributed by atoms with van der Waals surface area (Å²) in [4.78, 5) is 46.9. The Morgan fingerprint density at radius 2 is 1.64 bits per heavy atom. The van der Waals surface area contributed by atoms with E-state index in [0.29, 0.717) is 22.2 Å². The first-order chi connectivity index (χ1) is 18.0. The van der Waals surface area contributed by atoms with Gasteiger partial charge in [-0.05, 0) is 79.7 Å². The van der Waals surface area contributed by atoms with Crippen LogP contribution < -0.4 is 10.6 Å². The van der Waals surface area contributed by atoms with Gasteiger partial charge in [0.2, 0.25) is 0 Å². The van der Waals surface area contributed by atoms with Gasteiger partial charge >= 0.3 is 12.2 Å². The summed E-state index contributed by atoms with van der Waals surface area (Å²) < 4.78 is 12.2. The molecule has 0 aliphatic heterocycles. The highest BCUT2D eigenvalue weighted by Gasteiger charge is 2.27. The van der Waals surface area contributed by atoms with Crippen LogP contribution in [0.25, 0.3) is 22.3 Å². The number of rotatable bonds is 5. The number of hydrogen-bond donors (Lipinski definition) is 2. The minimum absolute atomic E-state index is 0.0132. The zero-order valence-corrected chi connectivity index (χ0v) is 23.5. The van der Waals surface area contributed by atoms with Crippen molar-refractivity contribution in [1.82, 2.24) is 25.2 Å². The maximum Gasteiger partial charge on any atom is 0.419 e. The van der Waals surface area contributed by atoms with E-state index in [1.54, 1.807) is 79.7 Å². The standard InChI is InChI=1S/C28H34N6O5/c1-26(2,3)38-24(36)33-28(7,8)16-31-23(35)20-15-30-14-19(32-20)22-12-18-11-17(13-29)9-10-21(18)34(22)25(37)39-27(4,5)6/h9-12,14-15H,16H2,1-8H3,(H,31,35)(H,33,36). The number of hydrogen-bond acceptors (Lipinski definition) is 8. The van der Waals surface area contributed by atoms with Crippen molar-refractivity contribution in [2.24, 2.45) is 0 Å². The van der Waals surface area contributed by atoms with E-state index in [4.69, 9.17) is 9.47 Å². The fraction of sp³-hybridized carbons (Fsp3) is 0.429. The molecule has 0 spiro atoms. The second-order valence-corrected chi connectivity index (χ2v) is 11.7. The monoisotopic (exact) mass is 534 g/mol. The van der Waals surface area contributed by atoms with Gasteiger partial charge in [-0.3, -0.25) is 9.78 Å². The molecule has 0 radical (unpaired) electrons. The molecular formula is C28H34N6O5. The molecule has 0 fully saturated rings. The molecule has 2 aromatic heterocycles. The van der Waals surface area contributed by atoms with Crippen molar-refractivity contribution < 1.29 is 23.9 Å². The number of benzene rings is 1. The number of aromatic nitrogens is 3. The average Bonchev–Trinajstić information content (AvgIpc) is 3.19. The van der Waals surface area contributed by atoms with Crippen molar-refractivity contribution in [2.75, 3.05) is 6.54 Å². The van der Waals surface area contributed by atoms with Crippen LogP contribution in [-0.2, 0) is 9.47 Å². The van der Waals surface area contributed by atoms with Crippen LogP contribution in [0.4, 0.5) is 9.59 Å². The average molecular weight is 535 g/mol. The van der Waals surface area contributed by atoms with E-state index in [9.17, 15) is 19.6 Å². The Bertz CT molecular complexity index is 1450. The second kappa shape index (κ2) is 10.7. The highest BCUT2D eigenvalue weighted by Crippen LogP contribution is 2.29. The molecule has 11 heteroatoms. The molecule has 206 valence electrons. The van der Waals surface area contributed by atoms with Crippen molar-refractivity contribution in [3.05, 3.63) is 47.9 Å². The number of nitrogens with one attached hydrogen (secondary N) is 2. The van der Waals surface area contributed by atoms with E-state index in [1.807, 2.05) is 0 Å². The quantitative estimate of drug-likeness (QED) is 0.475. The maximum absolute atomic E-state index is 13.2. The Kier molecular flexibility index (Phi) is 8.00. The van der Waals surface area contributed by atoms with E-state index < -0.39 is 34.8 Å². The molecular weight excluding hydrogens is 500 g/mol. The van der Waals surface area contributed by atoms with Gasteiger partial charge in [0.1, 0.15) is 22.6 Å². The van der Waals surface area contributed by atoms with E-state index >= 15 is 0 Å². The molecule has 3 rings (SSSR count). The van der Waals surface area contributed by atoms with Crippen molar-refractivity contribution in [2.45, 2.75) is 72.1 Å². The number of ether oxygens (including phenoxy) is 2. The molecule has 2 N–H and O–H groups in total. The zero-order chi connectivity index (χ0) is 29.2. The molecule has 0 aliphatic rings. The predicted octanol–water partition coefficient (Wildman–Crippen LogP) is 4.79. The highest BCUT2D eigenvalue weighted by molar-refractivity contribution is 5.97. The smallest absolute Gasteiger partial charge is 0.419 e. The molecule has 11 nitrogen and oxygen atoms in total. The van der Waals surface area contributed by atoms with Gasteiger partial charge in [0.15, 0.2) is 0 Å². The Morgan fingerprint density at radius 1 is 0.974 bits per heavy atom. The first kappa shape index (κ1) is 29.1. The number of carbonyl (C=O) groups excluding carboxylic acids is 3. The number of nitrogens with zero attached hydrogens (tertiary/aromatic N) is 4. The molecule has 2 heterocycles. The number of alkyl carbamates (subject to hydrolysis) is 1. The minimum atomic E-state index is -0.815. The summed E-state index contributed by atoms with van der Waals surface area (Å²) in [6.45, 7) is 14.1. The van der Waals surface area contributed by atoms with Crippen LogP contribution in [0.1, 0.15) is 71.4 Å². The SMILES string of the molecule is CC(C)(CNC(=O)c1cncc(-c2cc3cc(C#N)ccc3n2C(=O)OC(C)(C)C)n1)NC(=O)OC(C)(C)C. The van der Waals surface area contributed by atoms with Crippen molar-refractivity contribution in [3.63, 3.8) is 0 Å². The third-order valence-electron chi connectivity index (χ3n) is 5.17. The molecule has 0 saturated carbocycles. The summed E-state index contributed by atoms with van der Waals surface area (Å²) >= 11 is 0. The van der Waals surface area contributed by atoms with Crippen LogP contribution in [0.2, 0.25) is 0 Å². The summed E-state index contributed by atoms with van der Waals surface area (Å²) in [5, 5.41) is 15.4. The second-order valence-electron chi connectivity index (χ2n) is 11.7. The molecule has 0 unspecified atom stereocenters. The van der Waals surface area contributed by atoms with E-state index in [2.05, 4.69) is 26.7 Å². The summed E-state index contributed by atoms with van der Waals surface area (Å²) in [7, 11) is 0. The third kappa shape index (κ3) is 7.77. The van der Waals surface area contributed by atoms with Crippen LogP contribution in [0.15, 0.2) is 36.7 Å². The van der Waals surface area contributed by atoms with Crippen LogP contribution in [0.5, 0.6) is 0 Å². The Labute approximate surface area is 227 Å².